The van der Waals surface area contributed by atoms with Crippen LogP contribution < -0.4 is 0 Å². The molecule has 0 saturated heterocycles. The summed E-state index contributed by atoms with van der Waals surface area (Å²) in [5.41, 5.74) is 1.20. The molecule has 1 rings (SSSR count). The van der Waals surface area contributed by atoms with Crippen molar-refractivity contribution in [1.82, 2.24) is 4.90 Å². The maximum atomic E-state index is 4.82. The minimum absolute atomic E-state index is 0.499. The van der Waals surface area contributed by atoms with Gasteiger partial charge in [-0.05, 0) is 33.4 Å². The molecule has 0 radical (unpaired) electrons. The van der Waals surface area contributed by atoms with Crippen LogP contribution in [0, 0.1) is 0 Å². The molecular formula is C9H18N2O. The zero-order valence-electron chi connectivity index (χ0n) is 8.21. The summed E-state index contributed by atoms with van der Waals surface area (Å²) in [5.74, 6) is 0. The molecule has 0 amide bonds. The molecular weight excluding hydrogens is 152 g/mol. The standard InChI is InChI=1S/C9H18N2O/c1-11(2)9-7-5-4-6-8(9)10-12-3/h9H,4-7H2,1-3H3/b10-8-. The van der Waals surface area contributed by atoms with Crippen LogP contribution >= 0.6 is 0 Å². The Morgan fingerprint density at radius 3 is 2.75 bits per heavy atom. The van der Waals surface area contributed by atoms with Crippen LogP contribution in [0.2, 0.25) is 0 Å². The predicted octanol–water partition coefficient (Wildman–Crippen LogP) is 1.49. The molecule has 0 spiro atoms. The molecule has 12 heavy (non-hydrogen) atoms. The van der Waals surface area contributed by atoms with Crippen molar-refractivity contribution in [2.45, 2.75) is 31.7 Å². The highest BCUT2D eigenvalue weighted by Gasteiger charge is 2.22. The van der Waals surface area contributed by atoms with Crippen LogP contribution in [-0.4, -0.2) is 37.9 Å². The molecule has 1 fully saturated rings. The van der Waals surface area contributed by atoms with Crippen molar-refractivity contribution >= 4 is 5.71 Å². The Balaban J connectivity index is 2.60. The average molecular weight is 170 g/mol. The second-order valence-corrected chi connectivity index (χ2v) is 3.49. The normalized spacial score (nSPS) is 28.0. The third-order valence-electron chi connectivity index (χ3n) is 2.38. The predicted molar refractivity (Wildman–Crippen MR) is 50.4 cm³/mol. The summed E-state index contributed by atoms with van der Waals surface area (Å²) in [6.45, 7) is 0. The molecule has 0 aromatic carbocycles. The van der Waals surface area contributed by atoms with Gasteiger partial charge in [-0.3, -0.25) is 0 Å². The summed E-state index contributed by atoms with van der Waals surface area (Å²) in [6.07, 6.45) is 4.88. The van der Waals surface area contributed by atoms with Gasteiger partial charge in [-0.15, -0.1) is 0 Å². The van der Waals surface area contributed by atoms with Gasteiger partial charge in [-0.25, -0.2) is 0 Å². The number of nitrogens with zero attached hydrogens (tertiary/aromatic N) is 2. The third kappa shape index (κ3) is 2.21. The third-order valence-corrected chi connectivity index (χ3v) is 2.38. The summed E-state index contributed by atoms with van der Waals surface area (Å²) in [4.78, 5) is 7.04. The molecule has 0 aromatic rings. The number of rotatable bonds is 2. The molecule has 0 N–H and O–H groups in total. The van der Waals surface area contributed by atoms with Crippen LogP contribution in [0.25, 0.3) is 0 Å². The largest absolute Gasteiger partial charge is 0.399 e. The Hall–Kier alpha value is -0.570. The first kappa shape index (κ1) is 9.52. The van der Waals surface area contributed by atoms with Crippen molar-refractivity contribution in [3.8, 4) is 0 Å². The number of oxime groups is 1. The van der Waals surface area contributed by atoms with E-state index in [-0.39, 0.29) is 0 Å². The molecule has 1 aliphatic carbocycles. The Morgan fingerprint density at radius 1 is 1.42 bits per heavy atom. The van der Waals surface area contributed by atoms with E-state index in [9.17, 15) is 0 Å². The van der Waals surface area contributed by atoms with Gasteiger partial charge < -0.3 is 9.74 Å². The summed E-state index contributed by atoms with van der Waals surface area (Å²) >= 11 is 0. The van der Waals surface area contributed by atoms with E-state index in [1.54, 1.807) is 7.11 Å². The topological polar surface area (TPSA) is 24.8 Å². The summed E-state index contributed by atoms with van der Waals surface area (Å²) in [6, 6.07) is 0.499. The second kappa shape index (κ2) is 4.45. The fourth-order valence-electron chi connectivity index (χ4n) is 1.76. The Labute approximate surface area is 74.4 Å². The zero-order valence-corrected chi connectivity index (χ0v) is 8.21. The van der Waals surface area contributed by atoms with Gasteiger partial charge in [0.15, 0.2) is 0 Å². The van der Waals surface area contributed by atoms with Gasteiger partial charge in [0.05, 0.1) is 11.8 Å². The summed E-state index contributed by atoms with van der Waals surface area (Å²) in [5, 5.41) is 4.06. The van der Waals surface area contributed by atoms with Gasteiger partial charge in [0.25, 0.3) is 0 Å². The van der Waals surface area contributed by atoms with Gasteiger partial charge >= 0.3 is 0 Å². The van der Waals surface area contributed by atoms with Crippen molar-refractivity contribution < 1.29 is 4.84 Å². The molecule has 0 bridgehead atoms. The van der Waals surface area contributed by atoms with E-state index in [4.69, 9.17) is 4.84 Å². The average Bonchev–Trinajstić information content (AvgIpc) is 2.05. The molecule has 0 heterocycles. The van der Waals surface area contributed by atoms with Gasteiger partial charge in [0.1, 0.15) is 7.11 Å². The minimum atomic E-state index is 0.499. The van der Waals surface area contributed by atoms with E-state index in [1.165, 1.54) is 25.0 Å². The van der Waals surface area contributed by atoms with E-state index in [2.05, 4.69) is 24.2 Å². The molecule has 1 saturated carbocycles. The quantitative estimate of drug-likeness (QED) is 0.587. The monoisotopic (exact) mass is 170 g/mol. The first-order chi connectivity index (χ1) is 5.75. The molecule has 70 valence electrons. The number of hydrogen-bond acceptors (Lipinski definition) is 3. The van der Waals surface area contributed by atoms with Crippen LogP contribution in [0.5, 0.6) is 0 Å². The van der Waals surface area contributed by atoms with Gasteiger partial charge in [-0.2, -0.15) is 0 Å². The fourth-order valence-corrected chi connectivity index (χ4v) is 1.76. The Kier molecular flexibility index (Phi) is 3.53. The maximum Gasteiger partial charge on any atom is 0.106 e. The summed E-state index contributed by atoms with van der Waals surface area (Å²) < 4.78 is 0. The van der Waals surface area contributed by atoms with Crippen LogP contribution in [0.15, 0.2) is 5.16 Å². The zero-order chi connectivity index (χ0) is 8.97. The first-order valence-electron chi connectivity index (χ1n) is 4.52. The Morgan fingerprint density at radius 2 is 2.17 bits per heavy atom. The van der Waals surface area contributed by atoms with Crippen LogP contribution in [-0.2, 0) is 4.84 Å². The molecule has 1 aliphatic rings. The van der Waals surface area contributed by atoms with E-state index in [0.29, 0.717) is 6.04 Å². The van der Waals surface area contributed by atoms with Crippen molar-refractivity contribution in [2.75, 3.05) is 21.2 Å². The minimum Gasteiger partial charge on any atom is -0.399 e. The lowest BCUT2D eigenvalue weighted by Gasteiger charge is -2.28. The smallest absolute Gasteiger partial charge is 0.106 e. The highest BCUT2D eigenvalue weighted by molar-refractivity contribution is 5.89. The van der Waals surface area contributed by atoms with Crippen LogP contribution in [0.4, 0.5) is 0 Å². The van der Waals surface area contributed by atoms with Gasteiger partial charge in [0, 0.05) is 0 Å². The van der Waals surface area contributed by atoms with E-state index >= 15 is 0 Å². The highest BCUT2D eigenvalue weighted by atomic mass is 16.6. The maximum absolute atomic E-state index is 4.82. The Bertz CT molecular complexity index is 166. The molecule has 3 heteroatoms. The second-order valence-electron chi connectivity index (χ2n) is 3.49. The van der Waals surface area contributed by atoms with Gasteiger partial charge in [0.2, 0.25) is 0 Å². The fraction of sp³-hybridized carbons (Fsp3) is 0.889. The molecule has 1 unspecified atom stereocenters. The summed E-state index contributed by atoms with van der Waals surface area (Å²) in [7, 11) is 5.82. The van der Waals surface area contributed by atoms with E-state index in [0.717, 1.165) is 6.42 Å². The van der Waals surface area contributed by atoms with E-state index in [1.807, 2.05) is 0 Å². The lowest BCUT2D eigenvalue weighted by molar-refractivity contribution is 0.204. The lowest BCUT2D eigenvalue weighted by Crippen LogP contribution is -2.38. The van der Waals surface area contributed by atoms with Crippen molar-refractivity contribution in [3.63, 3.8) is 0 Å². The van der Waals surface area contributed by atoms with Crippen molar-refractivity contribution in [2.24, 2.45) is 5.16 Å². The van der Waals surface area contributed by atoms with Crippen LogP contribution in [0.3, 0.4) is 0 Å². The first-order valence-corrected chi connectivity index (χ1v) is 4.52. The van der Waals surface area contributed by atoms with Crippen molar-refractivity contribution in [1.29, 1.82) is 0 Å². The van der Waals surface area contributed by atoms with Crippen molar-refractivity contribution in [3.05, 3.63) is 0 Å². The van der Waals surface area contributed by atoms with Crippen LogP contribution in [0.1, 0.15) is 25.7 Å². The highest BCUT2D eigenvalue weighted by Crippen LogP contribution is 2.19. The van der Waals surface area contributed by atoms with Gasteiger partial charge in [-0.1, -0.05) is 11.6 Å². The number of hydrogen-bond donors (Lipinski definition) is 0. The SMILES string of the molecule is CO/N=C1/CCCCC1N(C)C. The molecule has 0 aliphatic heterocycles. The molecule has 0 aromatic heterocycles. The molecule has 1 atom stereocenters. The lowest BCUT2D eigenvalue weighted by atomic mass is 9.93. The molecule has 3 nitrogen and oxygen atoms in total. The van der Waals surface area contributed by atoms with E-state index < -0.39 is 0 Å².